The third-order valence-electron chi connectivity index (χ3n) is 3.97. The van der Waals surface area contributed by atoms with E-state index < -0.39 is 0 Å². The number of nitrogens with one attached hydrogen (secondary N) is 2. The third-order valence-corrected chi connectivity index (χ3v) is 3.97. The van der Waals surface area contributed by atoms with Crippen LogP contribution < -0.4 is 10.6 Å². The topological polar surface area (TPSA) is 75.6 Å². The van der Waals surface area contributed by atoms with E-state index in [0.29, 0.717) is 18.5 Å². The second-order valence-corrected chi connectivity index (χ2v) is 5.71. The van der Waals surface area contributed by atoms with E-state index in [0.717, 1.165) is 11.4 Å². The van der Waals surface area contributed by atoms with Crippen molar-refractivity contribution in [2.75, 3.05) is 10.6 Å². The van der Waals surface area contributed by atoms with Gasteiger partial charge in [-0.3, -0.25) is 4.98 Å². The van der Waals surface area contributed by atoms with Crippen molar-refractivity contribution < 1.29 is 0 Å². The van der Waals surface area contributed by atoms with Crippen molar-refractivity contribution in [3.05, 3.63) is 36.3 Å². The average Bonchev–Trinajstić information content (AvgIpc) is 2.83. The van der Waals surface area contributed by atoms with E-state index in [1.165, 1.54) is 38.5 Å². The van der Waals surface area contributed by atoms with E-state index in [1.807, 2.05) is 12.1 Å². The highest BCUT2D eigenvalue weighted by Crippen LogP contribution is 2.19. The number of rotatable bonds is 5. The Labute approximate surface area is 130 Å². The van der Waals surface area contributed by atoms with Crippen molar-refractivity contribution in [3.63, 3.8) is 0 Å². The molecular formula is C16H22N6. The van der Waals surface area contributed by atoms with Gasteiger partial charge in [-0.25, -0.2) is 0 Å². The number of hydrogen-bond acceptors (Lipinski definition) is 6. The molecule has 0 aromatic carbocycles. The predicted molar refractivity (Wildman–Crippen MR) is 86.5 cm³/mol. The molecule has 2 aromatic heterocycles. The molecule has 0 spiro atoms. The summed E-state index contributed by atoms with van der Waals surface area (Å²) in [4.78, 5) is 8.51. The highest BCUT2D eigenvalue weighted by Gasteiger charge is 2.13. The first-order valence-corrected chi connectivity index (χ1v) is 7.99. The number of anilines is 2. The molecule has 1 saturated carbocycles. The molecule has 0 amide bonds. The fourth-order valence-corrected chi connectivity index (χ4v) is 2.75. The van der Waals surface area contributed by atoms with E-state index in [1.54, 1.807) is 18.6 Å². The SMILES string of the molecule is c1cc(CNc2cnnc(NC3CCCCCC3)n2)ccn1. The van der Waals surface area contributed by atoms with Gasteiger partial charge in [0.15, 0.2) is 5.82 Å². The molecule has 3 rings (SSSR count). The van der Waals surface area contributed by atoms with Crippen LogP contribution in [0.25, 0.3) is 0 Å². The van der Waals surface area contributed by atoms with Gasteiger partial charge in [0, 0.05) is 25.0 Å². The quantitative estimate of drug-likeness (QED) is 0.826. The van der Waals surface area contributed by atoms with Gasteiger partial charge in [0.2, 0.25) is 5.95 Å². The molecule has 0 atom stereocenters. The number of hydrogen-bond donors (Lipinski definition) is 2. The first kappa shape index (κ1) is 14.7. The van der Waals surface area contributed by atoms with Crippen LogP contribution in [0.1, 0.15) is 44.1 Å². The number of aromatic nitrogens is 4. The van der Waals surface area contributed by atoms with Crippen molar-refractivity contribution in [1.29, 1.82) is 0 Å². The van der Waals surface area contributed by atoms with Crippen molar-refractivity contribution in [2.24, 2.45) is 0 Å². The van der Waals surface area contributed by atoms with Gasteiger partial charge >= 0.3 is 0 Å². The molecule has 1 fully saturated rings. The maximum atomic E-state index is 4.50. The molecule has 6 heteroatoms. The van der Waals surface area contributed by atoms with Gasteiger partial charge in [-0.05, 0) is 30.5 Å². The summed E-state index contributed by atoms with van der Waals surface area (Å²) in [5.41, 5.74) is 1.16. The lowest BCUT2D eigenvalue weighted by atomic mass is 10.1. The molecule has 0 bridgehead atoms. The Morgan fingerprint density at radius 2 is 1.82 bits per heavy atom. The van der Waals surface area contributed by atoms with Gasteiger partial charge in [0.1, 0.15) is 0 Å². The Kier molecular flexibility index (Phi) is 5.13. The molecule has 1 aliphatic rings. The zero-order valence-corrected chi connectivity index (χ0v) is 12.7. The zero-order valence-electron chi connectivity index (χ0n) is 12.7. The summed E-state index contributed by atoms with van der Waals surface area (Å²) in [6.07, 6.45) is 12.9. The van der Waals surface area contributed by atoms with E-state index in [2.05, 4.69) is 30.8 Å². The fourth-order valence-electron chi connectivity index (χ4n) is 2.75. The highest BCUT2D eigenvalue weighted by atomic mass is 15.3. The standard InChI is InChI=1S/C16H22N6/c1-2-4-6-14(5-3-1)20-16-21-15(12-19-22-16)18-11-13-7-9-17-10-8-13/h7-10,12,14H,1-6,11H2,(H2,18,20,21,22). The van der Waals surface area contributed by atoms with Crippen LogP contribution in [0.15, 0.2) is 30.7 Å². The van der Waals surface area contributed by atoms with Crippen LogP contribution >= 0.6 is 0 Å². The smallest absolute Gasteiger partial charge is 0.244 e. The van der Waals surface area contributed by atoms with Crippen LogP contribution in [-0.2, 0) is 6.54 Å². The zero-order chi connectivity index (χ0) is 15.0. The number of pyridine rings is 1. The summed E-state index contributed by atoms with van der Waals surface area (Å²) in [5, 5.41) is 14.8. The minimum atomic E-state index is 0.472. The molecule has 0 saturated heterocycles. The monoisotopic (exact) mass is 298 g/mol. The van der Waals surface area contributed by atoms with Crippen molar-refractivity contribution in [1.82, 2.24) is 20.2 Å². The van der Waals surface area contributed by atoms with Gasteiger partial charge in [0.25, 0.3) is 0 Å². The molecule has 2 N–H and O–H groups in total. The Morgan fingerprint density at radius 3 is 2.59 bits per heavy atom. The average molecular weight is 298 g/mol. The highest BCUT2D eigenvalue weighted by molar-refractivity contribution is 5.38. The van der Waals surface area contributed by atoms with Gasteiger partial charge in [-0.15, -0.1) is 5.10 Å². The van der Waals surface area contributed by atoms with Crippen LogP contribution in [0.4, 0.5) is 11.8 Å². The van der Waals surface area contributed by atoms with E-state index >= 15 is 0 Å². The van der Waals surface area contributed by atoms with Crippen LogP contribution in [0, 0.1) is 0 Å². The van der Waals surface area contributed by atoms with Gasteiger partial charge < -0.3 is 10.6 Å². The minimum absolute atomic E-state index is 0.472. The molecular weight excluding hydrogens is 276 g/mol. The molecule has 116 valence electrons. The Balaban J connectivity index is 1.57. The maximum Gasteiger partial charge on any atom is 0.244 e. The summed E-state index contributed by atoms with van der Waals surface area (Å²) < 4.78 is 0. The third kappa shape index (κ3) is 4.38. The molecule has 2 heterocycles. The summed E-state index contributed by atoms with van der Waals surface area (Å²) in [6.45, 7) is 0.698. The van der Waals surface area contributed by atoms with Crippen LogP contribution in [-0.4, -0.2) is 26.2 Å². The Hall–Kier alpha value is -2.24. The molecule has 1 aliphatic carbocycles. The summed E-state index contributed by atoms with van der Waals surface area (Å²) in [7, 11) is 0. The van der Waals surface area contributed by atoms with Crippen LogP contribution in [0.5, 0.6) is 0 Å². The lowest BCUT2D eigenvalue weighted by Crippen LogP contribution is -2.20. The van der Waals surface area contributed by atoms with Crippen molar-refractivity contribution >= 4 is 11.8 Å². The van der Waals surface area contributed by atoms with Crippen LogP contribution in [0.3, 0.4) is 0 Å². The predicted octanol–water partition coefficient (Wildman–Crippen LogP) is 3.01. The van der Waals surface area contributed by atoms with E-state index in [-0.39, 0.29) is 0 Å². The van der Waals surface area contributed by atoms with Crippen molar-refractivity contribution in [3.8, 4) is 0 Å². The van der Waals surface area contributed by atoms with E-state index in [4.69, 9.17) is 0 Å². The maximum absolute atomic E-state index is 4.50. The minimum Gasteiger partial charge on any atom is -0.365 e. The molecule has 0 radical (unpaired) electrons. The number of nitrogens with zero attached hydrogens (tertiary/aromatic N) is 4. The lowest BCUT2D eigenvalue weighted by molar-refractivity contribution is 0.613. The second kappa shape index (κ2) is 7.68. The first-order valence-electron chi connectivity index (χ1n) is 7.99. The normalized spacial score (nSPS) is 16.0. The fraction of sp³-hybridized carbons (Fsp3) is 0.500. The summed E-state index contributed by atoms with van der Waals surface area (Å²) >= 11 is 0. The van der Waals surface area contributed by atoms with Gasteiger partial charge in [-0.1, -0.05) is 25.7 Å². The largest absolute Gasteiger partial charge is 0.365 e. The van der Waals surface area contributed by atoms with Crippen LogP contribution in [0.2, 0.25) is 0 Å². The van der Waals surface area contributed by atoms with Gasteiger partial charge in [-0.2, -0.15) is 10.1 Å². The molecule has 6 nitrogen and oxygen atoms in total. The second-order valence-electron chi connectivity index (χ2n) is 5.71. The molecule has 22 heavy (non-hydrogen) atoms. The first-order chi connectivity index (χ1) is 10.9. The molecule has 0 unspecified atom stereocenters. The molecule has 0 aliphatic heterocycles. The van der Waals surface area contributed by atoms with E-state index in [9.17, 15) is 0 Å². The lowest BCUT2D eigenvalue weighted by Gasteiger charge is -2.16. The Morgan fingerprint density at radius 1 is 1.05 bits per heavy atom. The van der Waals surface area contributed by atoms with Crippen molar-refractivity contribution in [2.45, 2.75) is 51.1 Å². The Bertz CT molecular complexity index is 566. The molecule has 2 aromatic rings. The summed E-state index contributed by atoms with van der Waals surface area (Å²) in [5.74, 6) is 1.36. The van der Waals surface area contributed by atoms with Gasteiger partial charge in [0.05, 0.1) is 6.20 Å². The summed E-state index contributed by atoms with van der Waals surface area (Å²) in [6, 6.07) is 4.43.